The number of hydrogen-bond donors (Lipinski definition) is 1. The first kappa shape index (κ1) is 10.0. The first-order valence-electron chi connectivity index (χ1n) is 3.38. The third kappa shape index (κ3) is 3.05. The van der Waals surface area contributed by atoms with Gasteiger partial charge in [-0.25, -0.2) is 11.1 Å². The highest BCUT2D eigenvalue weighted by Crippen LogP contribution is 2.16. The average molecular weight is 294 g/mol. The Morgan fingerprint density at radius 3 is 2.54 bits per heavy atom. The van der Waals surface area contributed by atoms with Gasteiger partial charge in [-0.1, -0.05) is 0 Å². The van der Waals surface area contributed by atoms with E-state index in [0.717, 1.165) is 0 Å². The van der Waals surface area contributed by atoms with Crippen molar-refractivity contribution >= 4 is 31.5 Å². The van der Waals surface area contributed by atoms with Crippen molar-refractivity contribution in [3.8, 4) is 0 Å². The maximum Gasteiger partial charge on any atom is 0.342 e. The van der Waals surface area contributed by atoms with E-state index in [0.29, 0.717) is 5.82 Å². The molecule has 0 spiro atoms. The molecule has 1 aromatic rings. The van der Waals surface area contributed by atoms with Crippen LogP contribution >= 0.6 is 19.8 Å². The molecule has 0 aliphatic carbocycles. The zero-order valence-electron chi connectivity index (χ0n) is 6.78. The number of halogens is 1. The number of amides is 1. The number of rotatable bonds is 2. The van der Waals surface area contributed by atoms with E-state index in [4.69, 9.17) is 0 Å². The second-order valence-corrected chi connectivity index (χ2v) is 4.75. The lowest BCUT2D eigenvalue weighted by Crippen LogP contribution is -2.06. The molecule has 0 radical (unpaired) electrons. The second-order valence-electron chi connectivity index (χ2n) is 2.26. The van der Waals surface area contributed by atoms with Crippen molar-refractivity contribution in [3.05, 3.63) is 21.9 Å². The minimum Gasteiger partial charge on any atom is -0.311 e. The highest BCUT2D eigenvalue weighted by Gasteiger charge is 2.00. The van der Waals surface area contributed by atoms with Crippen molar-refractivity contribution < 1.29 is 10.9 Å². The van der Waals surface area contributed by atoms with Crippen LogP contribution in [0.5, 0.6) is 0 Å². The van der Waals surface area contributed by atoms with Gasteiger partial charge in [-0.15, -0.1) is 0 Å². The van der Waals surface area contributed by atoms with E-state index in [1.54, 1.807) is 0 Å². The van der Waals surface area contributed by atoms with Crippen molar-refractivity contribution in [3.63, 3.8) is 0 Å². The predicted octanol–water partition coefficient (Wildman–Crippen LogP) is 1.41. The normalized spacial score (nSPS) is 10.0. The van der Waals surface area contributed by atoms with Crippen molar-refractivity contribution in [2.24, 2.45) is 0 Å². The topological polar surface area (TPSA) is 76.1 Å². The third-order valence-corrected chi connectivity index (χ3v) is 2.86. The molecule has 0 fully saturated rings. The van der Waals surface area contributed by atoms with E-state index in [1.807, 2.05) is 0 Å². The standard InChI is InChI=1S/C7H7IN2O3/c1-5(11)10-7-3-2-6(4-9-7)8(12)13/h2-4H,1H3,(H,9,10,11). The number of nitrogens with zero attached hydrogens (tertiary/aromatic N) is 1. The molecule has 0 saturated heterocycles. The molecule has 13 heavy (non-hydrogen) atoms. The lowest BCUT2D eigenvalue weighted by molar-refractivity contribution is -0.114. The van der Waals surface area contributed by atoms with E-state index in [1.165, 1.54) is 25.3 Å². The first-order valence-corrected chi connectivity index (χ1v) is 6.22. The zero-order chi connectivity index (χ0) is 9.84. The fourth-order valence-electron chi connectivity index (χ4n) is 0.721. The summed E-state index contributed by atoms with van der Waals surface area (Å²) in [5.74, 6) is 0.119. The van der Waals surface area contributed by atoms with Crippen molar-refractivity contribution in [2.75, 3.05) is 5.32 Å². The SMILES string of the molecule is CC(=O)Nc1ccc(I(=O)=O)cn1. The lowest BCUT2D eigenvalue weighted by atomic mass is 10.4. The summed E-state index contributed by atoms with van der Waals surface area (Å²) in [5, 5.41) is 2.43. The highest BCUT2D eigenvalue weighted by molar-refractivity contribution is 14.2. The molecule has 0 atom stereocenters. The fourth-order valence-corrected chi connectivity index (χ4v) is 1.56. The summed E-state index contributed by atoms with van der Waals surface area (Å²) in [5.41, 5.74) is 0. The van der Waals surface area contributed by atoms with Crippen LogP contribution in [-0.2, 0) is 10.9 Å². The molecule has 0 aliphatic rings. The fraction of sp³-hybridized carbons (Fsp3) is 0.143. The largest absolute Gasteiger partial charge is 0.342 e. The molecule has 5 nitrogen and oxygen atoms in total. The lowest BCUT2D eigenvalue weighted by Gasteiger charge is -1.98. The molecule has 1 amide bonds. The van der Waals surface area contributed by atoms with Gasteiger partial charge in [-0.2, -0.15) is 0 Å². The minimum absolute atomic E-state index is 0.221. The molecule has 0 aliphatic heterocycles. The van der Waals surface area contributed by atoms with Crippen molar-refractivity contribution in [1.29, 1.82) is 0 Å². The molecule has 1 heterocycles. The van der Waals surface area contributed by atoms with Crippen molar-refractivity contribution in [2.45, 2.75) is 6.92 Å². The summed E-state index contributed by atoms with van der Waals surface area (Å²) in [6.07, 6.45) is 1.23. The molecule has 1 N–H and O–H groups in total. The summed E-state index contributed by atoms with van der Waals surface area (Å²) in [7, 11) is 0. The Hall–Kier alpha value is -1.05. The molecule has 6 heteroatoms. The number of carbonyl (C=O) groups excluding carboxylic acids is 1. The predicted molar refractivity (Wildman–Crippen MR) is 52.6 cm³/mol. The van der Waals surface area contributed by atoms with Crippen LogP contribution in [0.4, 0.5) is 5.82 Å². The maximum absolute atomic E-state index is 10.6. The number of hydrogen-bond acceptors (Lipinski definition) is 4. The Morgan fingerprint density at radius 2 is 2.15 bits per heavy atom. The summed E-state index contributed by atoms with van der Waals surface area (Å²) in [6.45, 7) is 1.36. The smallest absolute Gasteiger partial charge is 0.311 e. The van der Waals surface area contributed by atoms with Crippen LogP contribution in [0.25, 0.3) is 0 Å². The van der Waals surface area contributed by atoms with E-state index in [2.05, 4.69) is 10.3 Å². The Kier molecular flexibility index (Phi) is 3.29. The van der Waals surface area contributed by atoms with Crippen LogP contribution in [0.1, 0.15) is 6.92 Å². The van der Waals surface area contributed by atoms with Gasteiger partial charge in [0.05, 0.1) is 3.57 Å². The Balaban J connectivity index is 2.87. The van der Waals surface area contributed by atoms with Gasteiger partial charge in [0.1, 0.15) is 5.82 Å². The Morgan fingerprint density at radius 1 is 1.46 bits per heavy atom. The number of pyridine rings is 1. The van der Waals surface area contributed by atoms with Crippen LogP contribution in [0.15, 0.2) is 18.3 Å². The van der Waals surface area contributed by atoms with E-state index in [-0.39, 0.29) is 9.48 Å². The number of aromatic nitrogens is 1. The van der Waals surface area contributed by atoms with E-state index < -0.39 is 19.8 Å². The maximum atomic E-state index is 10.6. The van der Waals surface area contributed by atoms with Gasteiger partial charge in [-0.05, 0) is 12.1 Å². The van der Waals surface area contributed by atoms with Crippen LogP contribution in [0.2, 0.25) is 0 Å². The minimum atomic E-state index is -3.42. The Bertz CT molecular complexity index is 375. The summed E-state index contributed by atoms with van der Waals surface area (Å²) < 4.78 is 21.3. The van der Waals surface area contributed by atoms with Crippen LogP contribution in [0, 0.1) is 3.57 Å². The van der Waals surface area contributed by atoms with Crippen LogP contribution in [0.3, 0.4) is 0 Å². The van der Waals surface area contributed by atoms with Gasteiger partial charge in [-0.3, -0.25) is 4.79 Å². The van der Waals surface area contributed by atoms with Crippen LogP contribution < -0.4 is 5.32 Å². The van der Waals surface area contributed by atoms with Gasteiger partial charge >= 0.3 is 19.8 Å². The monoisotopic (exact) mass is 294 g/mol. The van der Waals surface area contributed by atoms with Crippen molar-refractivity contribution in [1.82, 2.24) is 4.98 Å². The molecule has 70 valence electrons. The van der Waals surface area contributed by atoms with Gasteiger partial charge in [0.2, 0.25) is 5.91 Å². The average Bonchev–Trinajstić information content (AvgIpc) is 2.04. The van der Waals surface area contributed by atoms with Gasteiger partial charge in [0.15, 0.2) is 0 Å². The quantitative estimate of drug-likeness (QED) is 0.837. The van der Waals surface area contributed by atoms with Crippen LogP contribution in [-0.4, -0.2) is 10.9 Å². The van der Waals surface area contributed by atoms with E-state index >= 15 is 0 Å². The van der Waals surface area contributed by atoms with Gasteiger partial charge in [0.25, 0.3) is 0 Å². The molecular weight excluding hydrogens is 287 g/mol. The Labute approximate surface area is 81.7 Å². The molecule has 1 aromatic heterocycles. The zero-order valence-corrected chi connectivity index (χ0v) is 8.94. The number of carbonyl (C=O) groups is 1. The summed E-state index contributed by atoms with van der Waals surface area (Å²) >= 11 is -3.42. The number of anilines is 1. The second kappa shape index (κ2) is 4.26. The molecule has 0 aromatic carbocycles. The third-order valence-electron chi connectivity index (χ3n) is 1.21. The number of nitrogens with one attached hydrogen (secondary N) is 1. The molecule has 0 bridgehead atoms. The molecular formula is C7H7IN2O3. The molecule has 0 unspecified atom stereocenters. The van der Waals surface area contributed by atoms with Gasteiger partial charge in [0, 0.05) is 13.1 Å². The van der Waals surface area contributed by atoms with Gasteiger partial charge < -0.3 is 5.32 Å². The summed E-state index contributed by atoms with van der Waals surface area (Å²) in [4.78, 5) is 14.3. The van der Waals surface area contributed by atoms with E-state index in [9.17, 15) is 10.9 Å². The first-order chi connectivity index (χ1) is 6.09. The molecule has 0 saturated carbocycles. The summed E-state index contributed by atoms with van der Waals surface area (Å²) in [6, 6.07) is 2.88. The molecule has 1 rings (SSSR count). The highest BCUT2D eigenvalue weighted by atomic mass is 127.